The third kappa shape index (κ3) is 6.86. The molecule has 278 valence electrons. The van der Waals surface area contributed by atoms with Gasteiger partial charge in [0.25, 0.3) is 0 Å². The topological polar surface area (TPSA) is 134 Å². The zero-order chi connectivity index (χ0) is 37.9. The molecule has 4 aromatic carbocycles. The number of nitrogens with two attached hydrogens (primary N) is 1. The molecule has 7 rings (SSSR count). The van der Waals surface area contributed by atoms with E-state index in [1.807, 2.05) is 84.9 Å². The van der Waals surface area contributed by atoms with Gasteiger partial charge in [-0.3, -0.25) is 4.57 Å². The number of ether oxygens (including phenoxy) is 7. The van der Waals surface area contributed by atoms with Gasteiger partial charge in [-0.05, 0) is 60.0 Å². The van der Waals surface area contributed by atoms with Gasteiger partial charge < -0.3 is 38.9 Å². The van der Waals surface area contributed by atoms with E-state index in [1.54, 1.807) is 38.5 Å². The summed E-state index contributed by atoms with van der Waals surface area (Å²) < 4.78 is 61.1. The Morgan fingerprint density at radius 1 is 0.815 bits per heavy atom. The van der Waals surface area contributed by atoms with Gasteiger partial charge in [0.2, 0.25) is 11.8 Å². The lowest BCUT2D eigenvalue weighted by molar-refractivity contribution is -0.0946. The lowest BCUT2D eigenvalue weighted by Crippen LogP contribution is -2.46. The molecule has 0 aliphatic carbocycles. The molecule has 6 aromatic rings. The van der Waals surface area contributed by atoms with E-state index in [-0.39, 0.29) is 34.8 Å². The van der Waals surface area contributed by atoms with Gasteiger partial charge in [0, 0.05) is 12.2 Å². The molecule has 3 heterocycles. The number of benzene rings is 4. The summed E-state index contributed by atoms with van der Waals surface area (Å²) in [6.45, 7) is 1.17. The molecular weight excluding hydrogens is 714 g/mol. The van der Waals surface area contributed by atoms with Crippen LogP contribution in [0, 0.1) is 0 Å². The Morgan fingerprint density at radius 3 is 1.96 bits per heavy atom. The number of para-hydroxylation sites is 1. The van der Waals surface area contributed by atoms with E-state index < -0.39 is 29.7 Å². The predicted octanol–water partition coefficient (Wildman–Crippen LogP) is 6.82. The van der Waals surface area contributed by atoms with Crippen LogP contribution in [0.25, 0.3) is 11.2 Å². The molecule has 1 aliphatic rings. The number of hydrogen-bond acceptors (Lipinski definition) is 12. The largest absolute Gasteiger partial charge is 0.497 e. The molecular formula is C40H38FN5O7S. The highest BCUT2D eigenvalue weighted by molar-refractivity contribution is 7.79. The van der Waals surface area contributed by atoms with E-state index in [9.17, 15) is 0 Å². The molecule has 12 nitrogen and oxygen atoms in total. The normalized spacial score (nSPS) is 19.7. The number of thiocarbonyl (C=S) groups is 1. The molecule has 2 unspecified atom stereocenters. The van der Waals surface area contributed by atoms with Crippen molar-refractivity contribution in [3.8, 4) is 23.1 Å². The predicted molar refractivity (Wildman–Crippen MR) is 203 cm³/mol. The highest BCUT2D eigenvalue weighted by atomic mass is 32.1. The summed E-state index contributed by atoms with van der Waals surface area (Å²) in [5.74, 6) is 1.80. The number of hydrogen-bond donors (Lipinski definition) is 1. The second kappa shape index (κ2) is 15.3. The maximum absolute atomic E-state index is 17.6. The van der Waals surface area contributed by atoms with Gasteiger partial charge >= 0.3 is 5.24 Å². The van der Waals surface area contributed by atoms with Crippen LogP contribution in [0.4, 0.5) is 10.3 Å². The second-order valence-electron chi connectivity index (χ2n) is 12.6. The van der Waals surface area contributed by atoms with Crippen molar-refractivity contribution in [1.82, 2.24) is 19.5 Å². The summed E-state index contributed by atoms with van der Waals surface area (Å²) in [4.78, 5) is 12.9. The first-order valence-electron chi connectivity index (χ1n) is 17.0. The van der Waals surface area contributed by atoms with Crippen molar-refractivity contribution >= 4 is 34.6 Å². The van der Waals surface area contributed by atoms with Crippen molar-refractivity contribution in [3.05, 3.63) is 132 Å². The highest BCUT2D eigenvalue weighted by Gasteiger charge is 2.59. The van der Waals surface area contributed by atoms with Crippen LogP contribution in [-0.4, -0.2) is 70.6 Å². The molecule has 4 atom stereocenters. The molecule has 2 N–H and O–H groups in total. The summed E-state index contributed by atoms with van der Waals surface area (Å²) in [5, 5.41) is -0.298. The fourth-order valence-electron chi connectivity index (χ4n) is 6.74. The minimum Gasteiger partial charge on any atom is -0.497 e. The van der Waals surface area contributed by atoms with Crippen LogP contribution < -0.4 is 24.7 Å². The molecule has 0 bridgehead atoms. The number of aromatic nitrogens is 4. The molecule has 0 amide bonds. The number of rotatable bonds is 12. The number of alkyl halides is 1. The van der Waals surface area contributed by atoms with Crippen molar-refractivity contribution < 1.29 is 37.5 Å². The first-order chi connectivity index (χ1) is 26.2. The number of fused-ring (bicyclic) bond motifs is 1. The second-order valence-corrected chi connectivity index (χ2v) is 12.9. The molecule has 1 saturated heterocycles. The van der Waals surface area contributed by atoms with E-state index in [1.165, 1.54) is 24.9 Å². The SMILES string of the molecule is COc1ccc(C(OCC2OC(n3cnc4c(OC)nc(N)nc43)[C@](C)(F)[C@@H]2OC(=S)Oc2ccccc2)(c2ccccc2)c2ccc(OC)cc2)cc1. The summed E-state index contributed by atoms with van der Waals surface area (Å²) in [7, 11) is 4.64. The van der Waals surface area contributed by atoms with Gasteiger partial charge in [-0.15, -0.1) is 0 Å². The van der Waals surface area contributed by atoms with Crippen LogP contribution in [0.2, 0.25) is 0 Å². The van der Waals surface area contributed by atoms with Gasteiger partial charge in [0.05, 0.1) is 34.3 Å². The summed E-state index contributed by atoms with van der Waals surface area (Å²) in [5.41, 5.74) is 5.33. The number of nitrogen functional groups attached to an aromatic ring is 1. The summed E-state index contributed by atoms with van der Waals surface area (Å²) in [6.07, 6.45) is -2.36. The number of halogens is 1. The molecule has 2 aromatic heterocycles. The lowest BCUT2D eigenvalue weighted by atomic mass is 9.80. The van der Waals surface area contributed by atoms with Crippen LogP contribution in [-0.2, 0) is 19.8 Å². The van der Waals surface area contributed by atoms with Crippen LogP contribution in [0.3, 0.4) is 0 Å². The molecule has 1 aliphatic heterocycles. The molecule has 54 heavy (non-hydrogen) atoms. The fraction of sp³-hybridized carbons (Fsp3) is 0.250. The fourth-order valence-corrected chi connectivity index (χ4v) is 6.94. The average molecular weight is 752 g/mol. The van der Waals surface area contributed by atoms with E-state index in [2.05, 4.69) is 15.0 Å². The maximum atomic E-state index is 17.6. The van der Waals surface area contributed by atoms with Gasteiger partial charge in [-0.1, -0.05) is 72.8 Å². The number of methoxy groups -OCH3 is 3. The monoisotopic (exact) mass is 751 g/mol. The highest BCUT2D eigenvalue weighted by Crippen LogP contribution is 2.47. The van der Waals surface area contributed by atoms with Gasteiger partial charge in [0.1, 0.15) is 29.0 Å². The maximum Gasteiger partial charge on any atom is 0.358 e. The van der Waals surface area contributed by atoms with Crippen molar-refractivity contribution in [2.24, 2.45) is 0 Å². The third-order valence-electron chi connectivity index (χ3n) is 9.34. The Labute approximate surface area is 316 Å². The first-order valence-corrected chi connectivity index (χ1v) is 17.4. The molecule has 0 radical (unpaired) electrons. The Morgan fingerprint density at radius 2 is 1.39 bits per heavy atom. The van der Waals surface area contributed by atoms with E-state index >= 15 is 4.39 Å². The molecule has 0 saturated carbocycles. The average Bonchev–Trinajstić information content (AvgIpc) is 3.72. The number of imidazole rings is 1. The Bertz CT molecular complexity index is 2160. The van der Waals surface area contributed by atoms with Crippen LogP contribution in [0.15, 0.2) is 116 Å². The summed E-state index contributed by atoms with van der Waals surface area (Å²) in [6, 6.07) is 33.7. The molecule has 14 heteroatoms. The smallest absolute Gasteiger partial charge is 0.358 e. The van der Waals surface area contributed by atoms with E-state index in [0.717, 1.165) is 16.7 Å². The first kappa shape index (κ1) is 36.5. The number of anilines is 1. The zero-order valence-electron chi connectivity index (χ0n) is 29.9. The summed E-state index contributed by atoms with van der Waals surface area (Å²) >= 11 is 5.52. The van der Waals surface area contributed by atoms with Crippen molar-refractivity contribution in [3.63, 3.8) is 0 Å². The molecule has 1 fully saturated rings. The van der Waals surface area contributed by atoms with E-state index in [4.69, 9.17) is 51.1 Å². The van der Waals surface area contributed by atoms with Crippen molar-refractivity contribution in [2.45, 2.75) is 36.6 Å². The van der Waals surface area contributed by atoms with Crippen molar-refractivity contribution in [1.29, 1.82) is 0 Å². The zero-order valence-corrected chi connectivity index (χ0v) is 30.7. The van der Waals surface area contributed by atoms with Crippen LogP contribution >= 0.6 is 12.2 Å². The minimum absolute atomic E-state index is 0.0867. The Kier molecular flexibility index (Phi) is 10.3. The lowest BCUT2D eigenvalue weighted by Gasteiger charge is -2.37. The number of nitrogens with zero attached hydrogens (tertiary/aromatic N) is 4. The van der Waals surface area contributed by atoms with Gasteiger partial charge in [-0.25, -0.2) is 9.37 Å². The Hall–Kier alpha value is -5.83. The van der Waals surface area contributed by atoms with Crippen LogP contribution in [0.5, 0.6) is 23.1 Å². The van der Waals surface area contributed by atoms with E-state index in [0.29, 0.717) is 17.2 Å². The quantitative estimate of drug-likeness (QED) is 0.104. The van der Waals surface area contributed by atoms with Gasteiger partial charge in [0.15, 0.2) is 29.2 Å². The molecule has 0 spiro atoms. The van der Waals surface area contributed by atoms with Gasteiger partial charge in [-0.2, -0.15) is 9.97 Å². The third-order valence-corrected chi connectivity index (χ3v) is 9.52. The Balaban J connectivity index is 1.32. The van der Waals surface area contributed by atoms with Crippen LogP contribution in [0.1, 0.15) is 29.8 Å². The standard InChI is InChI=1S/C40H38FN5O7S/c1-39(41)33(53-38(54)51-30-13-9-6-10-14-30)31(52-36(39)46-24-43-32-34(46)44-37(42)45-35(32)49-4)23-50-40(25-11-7-5-8-12-25,26-15-19-28(47-2)20-16-26)27-17-21-29(48-3)22-18-27/h5-22,24,31,33,36H,23H2,1-4H3,(H2,42,44,45)/t31?,33-,36?,39-/m1/s1. The minimum atomic E-state index is -2.27. The van der Waals surface area contributed by atoms with Crippen molar-refractivity contribution in [2.75, 3.05) is 33.7 Å².